The van der Waals surface area contributed by atoms with Gasteiger partial charge in [-0.25, -0.2) is 15.0 Å². The Morgan fingerprint density at radius 3 is 2.65 bits per heavy atom. The van der Waals surface area contributed by atoms with Gasteiger partial charge in [0.2, 0.25) is 0 Å². The first-order valence-electron chi connectivity index (χ1n) is 6.54. The third-order valence-electron chi connectivity index (χ3n) is 2.79. The Morgan fingerprint density at radius 2 is 2.00 bits per heavy atom. The molecule has 0 saturated heterocycles. The van der Waals surface area contributed by atoms with Gasteiger partial charge in [-0.15, -0.1) is 0 Å². The predicted molar refractivity (Wildman–Crippen MR) is 77.1 cm³/mol. The van der Waals surface area contributed by atoms with Gasteiger partial charge in [0.15, 0.2) is 0 Å². The van der Waals surface area contributed by atoms with Gasteiger partial charge in [-0.3, -0.25) is 0 Å². The molecular weight excluding hydrogens is 254 g/mol. The van der Waals surface area contributed by atoms with E-state index >= 15 is 0 Å². The predicted octanol–water partition coefficient (Wildman–Crippen LogP) is 1.63. The molecule has 6 nitrogen and oxygen atoms in total. The van der Waals surface area contributed by atoms with Crippen molar-refractivity contribution >= 4 is 5.69 Å². The van der Waals surface area contributed by atoms with Gasteiger partial charge in [-0.05, 0) is 19.9 Å². The van der Waals surface area contributed by atoms with Crippen molar-refractivity contribution in [3.05, 3.63) is 35.7 Å². The first kappa shape index (κ1) is 14.2. The first-order valence-corrected chi connectivity index (χ1v) is 6.54. The van der Waals surface area contributed by atoms with Gasteiger partial charge in [0.1, 0.15) is 5.82 Å². The number of hydrogen-bond acceptors (Lipinski definition) is 6. The molecule has 0 aromatic carbocycles. The van der Waals surface area contributed by atoms with Crippen LogP contribution in [0.3, 0.4) is 0 Å². The molecule has 0 atom stereocenters. The maximum absolute atomic E-state index is 5.29. The normalized spacial score (nSPS) is 10.4. The van der Waals surface area contributed by atoms with Crippen molar-refractivity contribution in [2.75, 3.05) is 25.6 Å². The summed E-state index contributed by atoms with van der Waals surface area (Å²) in [6, 6.07) is 2.24. The smallest absolute Gasteiger partial charge is 0.316 e. The van der Waals surface area contributed by atoms with E-state index in [0.29, 0.717) is 19.0 Å². The average Bonchev–Trinajstić information content (AvgIpc) is 2.39. The van der Waals surface area contributed by atoms with E-state index in [4.69, 9.17) is 4.74 Å². The summed E-state index contributed by atoms with van der Waals surface area (Å²) in [5, 5.41) is 0. The summed E-state index contributed by atoms with van der Waals surface area (Å²) < 4.78 is 5.29. The molecule has 106 valence electrons. The fourth-order valence-electron chi connectivity index (χ4n) is 1.87. The van der Waals surface area contributed by atoms with Gasteiger partial charge >= 0.3 is 6.01 Å². The van der Waals surface area contributed by atoms with E-state index in [-0.39, 0.29) is 0 Å². The average molecular weight is 273 g/mol. The van der Waals surface area contributed by atoms with Crippen molar-refractivity contribution in [3.8, 4) is 6.01 Å². The fraction of sp³-hybridized carbons (Fsp3) is 0.429. The molecule has 0 amide bonds. The van der Waals surface area contributed by atoms with Crippen LogP contribution < -0.4 is 9.64 Å². The topological polar surface area (TPSA) is 64.0 Å². The molecule has 2 aromatic rings. The summed E-state index contributed by atoms with van der Waals surface area (Å²) in [5.74, 6) is 0.745. The zero-order chi connectivity index (χ0) is 14.5. The summed E-state index contributed by atoms with van der Waals surface area (Å²) >= 11 is 0. The second-order valence-electron chi connectivity index (χ2n) is 4.59. The van der Waals surface area contributed by atoms with Crippen molar-refractivity contribution in [3.63, 3.8) is 0 Å². The fourth-order valence-corrected chi connectivity index (χ4v) is 1.87. The quantitative estimate of drug-likeness (QED) is 0.825. The third-order valence-corrected chi connectivity index (χ3v) is 2.79. The number of aromatic nitrogens is 4. The molecular formula is C14H19N5O. The van der Waals surface area contributed by atoms with Crippen molar-refractivity contribution < 1.29 is 4.74 Å². The molecule has 20 heavy (non-hydrogen) atoms. The minimum absolute atomic E-state index is 0.395. The first-order chi connectivity index (χ1) is 9.60. The van der Waals surface area contributed by atoms with Gasteiger partial charge in [-0.1, -0.05) is 0 Å². The summed E-state index contributed by atoms with van der Waals surface area (Å²) in [7, 11) is 3.95. The molecule has 0 saturated carbocycles. The summed E-state index contributed by atoms with van der Waals surface area (Å²) in [4.78, 5) is 19.3. The van der Waals surface area contributed by atoms with Gasteiger partial charge in [0.05, 0.1) is 36.3 Å². The molecule has 0 aliphatic carbocycles. The van der Waals surface area contributed by atoms with Crippen LogP contribution in [0.5, 0.6) is 6.01 Å². The minimum Gasteiger partial charge on any atom is -0.464 e. The van der Waals surface area contributed by atoms with Crippen LogP contribution in [-0.4, -0.2) is 40.6 Å². The highest BCUT2D eigenvalue weighted by molar-refractivity contribution is 5.46. The molecule has 0 radical (unpaired) electrons. The molecule has 6 heteroatoms. The Labute approximate surface area is 118 Å². The highest BCUT2D eigenvalue weighted by Crippen LogP contribution is 2.15. The van der Waals surface area contributed by atoms with Gasteiger partial charge in [0, 0.05) is 20.3 Å². The second-order valence-corrected chi connectivity index (χ2v) is 4.59. The van der Waals surface area contributed by atoms with Crippen LogP contribution >= 0.6 is 0 Å². The van der Waals surface area contributed by atoms with Crippen LogP contribution in [-0.2, 0) is 6.42 Å². The standard InChI is InChI=1S/C14H19N5O/c1-5-20-14-15-7-6-11(18-14)8-13-16-9-12(19(3)4)10(2)17-13/h6-7,9H,5,8H2,1-4H3. The molecule has 0 aliphatic rings. The van der Waals surface area contributed by atoms with Crippen LogP contribution in [0.25, 0.3) is 0 Å². The van der Waals surface area contributed by atoms with Gasteiger partial charge in [0.25, 0.3) is 0 Å². The lowest BCUT2D eigenvalue weighted by Gasteiger charge is -2.14. The lowest BCUT2D eigenvalue weighted by Crippen LogP contribution is -2.13. The van der Waals surface area contributed by atoms with E-state index < -0.39 is 0 Å². The largest absolute Gasteiger partial charge is 0.464 e. The summed E-state index contributed by atoms with van der Waals surface area (Å²) in [6.07, 6.45) is 4.09. The number of anilines is 1. The molecule has 0 unspecified atom stereocenters. The van der Waals surface area contributed by atoms with Crippen LogP contribution in [0, 0.1) is 6.92 Å². The molecule has 0 fully saturated rings. The van der Waals surface area contributed by atoms with Gasteiger partial charge in [-0.2, -0.15) is 4.98 Å². The van der Waals surface area contributed by atoms with E-state index in [1.54, 1.807) is 6.20 Å². The highest BCUT2D eigenvalue weighted by Gasteiger charge is 2.07. The highest BCUT2D eigenvalue weighted by atomic mass is 16.5. The number of nitrogens with zero attached hydrogens (tertiary/aromatic N) is 5. The van der Waals surface area contributed by atoms with E-state index in [2.05, 4.69) is 19.9 Å². The molecule has 0 aliphatic heterocycles. The zero-order valence-electron chi connectivity index (χ0n) is 12.3. The maximum Gasteiger partial charge on any atom is 0.316 e. The molecule has 0 bridgehead atoms. The number of aryl methyl sites for hydroxylation is 1. The van der Waals surface area contributed by atoms with Crippen LogP contribution in [0.1, 0.15) is 24.1 Å². The molecule has 0 spiro atoms. The Morgan fingerprint density at radius 1 is 1.20 bits per heavy atom. The minimum atomic E-state index is 0.395. The summed E-state index contributed by atoms with van der Waals surface area (Å²) in [5.41, 5.74) is 2.82. The third kappa shape index (κ3) is 3.40. The van der Waals surface area contributed by atoms with Crippen LogP contribution in [0.15, 0.2) is 18.5 Å². The Bertz CT molecular complexity index is 586. The lowest BCUT2D eigenvalue weighted by molar-refractivity contribution is 0.311. The van der Waals surface area contributed by atoms with E-state index in [1.807, 2.05) is 45.1 Å². The van der Waals surface area contributed by atoms with E-state index in [0.717, 1.165) is 22.9 Å². The van der Waals surface area contributed by atoms with Crippen molar-refractivity contribution in [1.82, 2.24) is 19.9 Å². The van der Waals surface area contributed by atoms with Crippen molar-refractivity contribution in [2.24, 2.45) is 0 Å². The molecule has 2 heterocycles. The van der Waals surface area contributed by atoms with Crippen molar-refractivity contribution in [1.29, 1.82) is 0 Å². The number of rotatable bonds is 5. The SMILES string of the molecule is CCOc1nccc(Cc2ncc(N(C)C)c(C)n2)n1. The van der Waals surface area contributed by atoms with E-state index in [1.165, 1.54) is 0 Å². The number of ether oxygens (including phenoxy) is 1. The Hall–Kier alpha value is -2.24. The molecule has 2 aromatic heterocycles. The monoisotopic (exact) mass is 273 g/mol. The molecule has 2 rings (SSSR count). The van der Waals surface area contributed by atoms with Crippen LogP contribution in [0.4, 0.5) is 5.69 Å². The summed E-state index contributed by atoms with van der Waals surface area (Å²) in [6.45, 7) is 4.44. The molecule has 0 N–H and O–H groups in total. The van der Waals surface area contributed by atoms with E-state index in [9.17, 15) is 0 Å². The van der Waals surface area contributed by atoms with Crippen molar-refractivity contribution in [2.45, 2.75) is 20.3 Å². The number of hydrogen-bond donors (Lipinski definition) is 0. The van der Waals surface area contributed by atoms with Crippen LogP contribution in [0.2, 0.25) is 0 Å². The second kappa shape index (κ2) is 6.27. The Balaban J connectivity index is 2.17. The zero-order valence-corrected chi connectivity index (χ0v) is 12.3. The lowest BCUT2D eigenvalue weighted by atomic mass is 10.2. The van der Waals surface area contributed by atoms with Gasteiger partial charge < -0.3 is 9.64 Å². The Kier molecular flexibility index (Phi) is 4.45. The maximum atomic E-state index is 5.29.